The molecule has 26 heavy (non-hydrogen) atoms. The van der Waals surface area contributed by atoms with E-state index in [1.54, 1.807) is 6.07 Å². The van der Waals surface area contributed by atoms with Gasteiger partial charge in [-0.05, 0) is 48.2 Å². The van der Waals surface area contributed by atoms with Gasteiger partial charge in [-0.3, -0.25) is 9.59 Å². The van der Waals surface area contributed by atoms with E-state index in [1.807, 2.05) is 18.2 Å². The smallest absolute Gasteiger partial charge is 0.337 e. The second-order valence-corrected chi connectivity index (χ2v) is 5.87. The molecule has 0 radical (unpaired) electrons. The number of hydrogen-bond acceptors (Lipinski definition) is 4. The van der Waals surface area contributed by atoms with Gasteiger partial charge >= 0.3 is 17.8 Å². The summed E-state index contributed by atoms with van der Waals surface area (Å²) in [6.45, 7) is 4.13. The number of benzene rings is 2. The van der Waals surface area contributed by atoms with Gasteiger partial charge in [0, 0.05) is 11.4 Å². The molecule has 2 aromatic rings. The fourth-order valence-corrected chi connectivity index (χ4v) is 2.43. The molecule has 2 aromatic carbocycles. The van der Waals surface area contributed by atoms with Gasteiger partial charge in [0.1, 0.15) is 0 Å². The Morgan fingerprint density at radius 1 is 0.962 bits per heavy atom. The van der Waals surface area contributed by atoms with Crippen LogP contribution in [0.25, 0.3) is 0 Å². The zero-order valence-corrected chi connectivity index (χ0v) is 15.0. The zero-order chi connectivity index (χ0) is 19.1. The Balaban J connectivity index is 2.04. The van der Waals surface area contributed by atoms with Crippen LogP contribution in [-0.4, -0.2) is 24.9 Å². The van der Waals surface area contributed by atoms with Crippen molar-refractivity contribution in [2.75, 3.05) is 17.7 Å². The molecule has 0 fully saturated rings. The lowest BCUT2D eigenvalue weighted by Crippen LogP contribution is -2.29. The molecular formula is C20H22N2O4. The molecular weight excluding hydrogens is 332 g/mol. The molecule has 0 heterocycles. The summed E-state index contributed by atoms with van der Waals surface area (Å²) in [6.07, 6.45) is 0.922. The topological polar surface area (TPSA) is 84.5 Å². The molecule has 6 heteroatoms. The minimum Gasteiger partial charge on any atom is -0.465 e. The van der Waals surface area contributed by atoms with Gasteiger partial charge in [0.2, 0.25) is 0 Å². The van der Waals surface area contributed by atoms with Crippen LogP contribution < -0.4 is 10.6 Å². The third-order valence-electron chi connectivity index (χ3n) is 4.12. The number of hydrogen-bond donors (Lipinski definition) is 2. The first-order valence-electron chi connectivity index (χ1n) is 8.35. The molecule has 2 N–H and O–H groups in total. The molecule has 0 saturated carbocycles. The first-order chi connectivity index (χ1) is 12.5. The van der Waals surface area contributed by atoms with Gasteiger partial charge in [0.05, 0.1) is 12.7 Å². The average molecular weight is 354 g/mol. The highest BCUT2D eigenvalue weighted by Gasteiger charge is 2.17. The number of amides is 2. The fraction of sp³-hybridized carbons (Fsp3) is 0.250. The Bertz CT molecular complexity index is 800. The highest BCUT2D eigenvalue weighted by Crippen LogP contribution is 2.26. The number of methoxy groups -OCH3 is 1. The predicted octanol–water partition coefficient (Wildman–Crippen LogP) is 3.56. The molecule has 6 nitrogen and oxygen atoms in total. The van der Waals surface area contributed by atoms with Crippen molar-refractivity contribution in [3.63, 3.8) is 0 Å². The quantitative estimate of drug-likeness (QED) is 0.635. The Hall–Kier alpha value is -3.15. The minimum atomic E-state index is -0.783. The SMILES string of the molecule is CCC(C)c1ccccc1NC(=O)C(=O)Nc1ccc(C(=O)OC)cc1. The standard InChI is InChI=1S/C20H22N2O4/c1-4-13(2)16-7-5-6-8-17(16)22-19(24)18(23)21-15-11-9-14(10-12-15)20(25)26-3/h5-13H,4H2,1-3H3,(H,21,23)(H,22,24). The molecule has 2 amide bonds. The summed E-state index contributed by atoms with van der Waals surface area (Å²) in [5.41, 5.74) is 2.38. The van der Waals surface area contributed by atoms with Gasteiger partial charge in [-0.15, -0.1) is 0 Å². The average Bonchev–Trinajstić information content (AvgIpc) is 2.67. The molecule has 0 spiro atoms. The molecule has 0 saturated heterocycles. The number of carbonyl (C=O) groups is 3. The minimum absolute atomic E-state index is 0.264. The van der Waals surface area contributed by atoms with Crippen molar-refractivity contribution in [2.45, 2.75) is 26.2 Å². The van der Waals surface area contributed by atoms with Crippen molar-refractivity contribution in [1.82, 2.24) is 0 Å². The van der Waals surface area contributed by atoms with Gasteiger partial charge in [-0.25, -0.2) is 4.79 Å². The summed E-state index contributed by atoms with van der Waals surface area (Å²) in [7, 11) is 1.29. The molecule has 2 rings (SSSR count). The van der Waals surface area contributed by atoms with Crippen LogP contribution in [0.15, 0.2) is 48.5 Å². The largest absolute Gasteiger partial charge is 0.465 e. The van der Waals surface area contributed by atoms with Crippen LogP contribution in [0.5, 0.6) is 0 Å². The van der Waals surface area contributed by atoms with E-state index in [-0.39, 0.29) is 5.92 Å². The second-order valence-electron chi connectivity index (χ2n) is 5.87. The monoisotopic (exact) mass is 354 g/mol. The lowest BCUT2D eigenvalue weighted by Gasteiger charge is -2.15. The number of rotatable bonds is 5. The van der Waals surface area contributed by atoms with Crippen LogP contribution in [0.3, 0.4) is 0 Å². The summed E-state index contributed by atoms with van der Waals surface area (Å²) in [5.74, 6) is -1.74. The number of anilines is 2. The Labute approximate surface area is 152 Å². The van der Waals surface area contributed by atoms with Gasteiger partial charge in [-0.2, -0.15) is 0 Å². The van der Waals surface area contributed by atoms with E-state index >= 15 is 0 Å². The van der Waals surface area contributed by atoms with Crippen LogP contribution in [0.4, 0.5) is 11.4 Å². The molecule has 1 unspecified atom stereocenters. The maximum absolute atomic E-state index is 12.2. The summed E-state index contributed by atoms with van der Waals surface area (Å²) in [4.78, 5) is 35.7. The Morgan fingerprint density at radius 3 is 2.19 bits per heavy atom. The zero-order valence-electron chi connectivity index (χ0n) is 15.0. The van der Waals surface area contributed by atoms with Gasteiger partial charge < -0.3 is 15.4 Å². The van der Waals surface area contributed by atoms with Crippen molar-refractivity contribution in [1.29, 1.82) is 0 Å². The number of para-hydroxylation sites is 1. The summed E-state index contributed by atoms with van der Waals surface area (Å²) in [6, 6.07) is 13.5. The van der Waals surface area contributed by atoms with Crippen molar-refractivity contribution >= 4 is 29.2 Å². The van der Waals surface area contributed by atoms with Gasteiger partial charge in [0.25, 0.3) is 0 Å². The van der Waals surface area contributed by atoms with E-state index in [9.17, 15) is 14.4 Å². The Morgan fingerprint density at radius 2 is 1.58 bits per heavy atom. The highest BCUT2D eigenvalue weighted by molar-refractivity contribution is 6.43. The van der Waals surface area contributed by atoms with Crippen molar-refractivity contribution in [2.24, 2.45) is 0 Å². The van der Waals surface area contributed by atoms with E-state index in [2.05, 4.69) is 29.2 Å². The summed E-state index contributed by atoms with van der Waals surface area (Å²) in [5, 5.41) is 5.17. The Kier molecular flexibility index (Phi) is 6.49. The molecule has 0 aliphatic rings. The van der Waals surface area contributed by atoms with Crippen LogP contribution in [0.1, 0.15) is 42.1 Å². The van der Waals surface area contributed by atoms with E-state index < -0.39 is 17.8 Å². The van der Waals surface area contributed by atoms with Crippen molar-refractivity contribution in [3.05, 3.63) is 59.7 Å². The molecule has 0 bridgehead atoms. The van der Waals surface area contributed by atoms with E-state index in [0.29, 0.717) is 16.9 Å². The number of esters is 1. The predicted molar refractivity (Wildman–Crippen MR) is 100 cm³/mol. The molecule has 0 aliphatic heterocycles. The summed E-state index contributed by atoms with van der Waals surface area (Å²) >= 11 is 0. The molecule has 1 atom stereocenters. The number of carbonyl (C=O) groups excluding carboxylic acids is 3. The summed E-state index contributed by atoms with van der Waals surface area (Å²) < 4.78 is 4.61. The third-order valence-corrected chi connectivity index (χ3v) is 4.12. The van der Waals surface area contributed by atoms with Gasteiger partial charge in [0.15, 0.2) is 0 Å². The van der Waals surface area contributed by atoms with Crippen LogP contribution >= 0.6 is 0 Å². The van der Waals surface area contributed by atoms with E-state index in [4.69, 9.17) is 0 Å². The number of ether oxygens (including phenoxy) is 1. The fourth-order valence-electron chi connectivity index (χ4n) is 2.43. The number of nitrogens with one attached hydrogen (secondary N) is 2. The molecule has 0 aliphatic carbocycles. The lowest BCUT2D eigenvalue weighted by molar-refractivity contribution is -0.133. The van der Waals surface area contributed by atoms with E-state index in [0.717, 1.165) is 12.0 Å². The van der Waals surface area contributed by atoms with Gasteiger partial charge in [-0.1, -0.05) is 32.0 Å². The van der Waals surface area contributed by atoms with Crippen molar-refractivity contribution in [3.8, 4) is 0 Å². The third kappa shape index (κ3) is 4.69. The normalized spacial score (nSPS) is 11.3. The first kappa shape index (κ1) is 19.2. The van der Waals surface area contributed by atoms with Crippen LogP contribution in [-0.2, 0) is 14.3 Å². The van der Waals surface area contributed by atoms with E-state index in [1.165, 1.54) is 31.4 Å². The molecule has 0 aromatic heterocycles. The maximum atomic E-state index is 12.2. The highest BCUT2D eigenvalue weighted by atomic mass is 16.5. The second kappa shape index (κ2) is 8.80. The first-order valence-corrected chi connectivity index (χ1v) is 8.35. The van der Waals surface area contributed by atoms with Crippen LogP contribution in [0, 0.1) is 0 Å². The maximum Gasteiger partial charge on any atom is 0.337 e. The van der Waals surface area contributed by atoms with Crippen LogP contribution in [0.2, 0.25) is 0 Å². The van der Waals surface area contributed by atoms with Crippen molar-refractivity contribution < 1.29 is 19.1 Å². The molecule has 136 valence electrons. The lowest BCUT2D eigenvalue weighted by atomic mass is 9.97.